The van der Waals surface area contributed by atoms with Crippen molar-refractivity contribution < 1.29 is 18.7 Å². The second-order valence-corrected chi connectivity index (χ2v) is 5.90. The van der Waals surface area contributed by atoms with Gasteiger partial charge in [0.25, 0.3) is 5.91 Å². The van der Waals surface area contributed by atoms with Gasteiger partial charge in [0.2, 0.25) is 0 Å². The van der Waals surface area contributed by atoms with E-state index >= 15 is 0 Å². The maximum atomic E-state index is 13.6. The SMILES string of the molecule is CCCOc1ccc(C(=O)NCCNc2cccc(F)c2C#N)cc1OCC. The molecule has 0 saturated carbocycles. The molecule has 0 unspecified atom stereocenters. The van der Waals surface area contributed by atoms with Crippen LogP contribution in [0.5, 0.6) is 11.5 Å². The zero-order valence-electron chi connectivity index (χ0n) is 16.0. The highest BCUT2D eigenvalue weighted by atomic mass is 19.1. The fourth-order valence-corrected chi connectivity index (χ4v) is 2.51. The zero-order chi connectivity index (χ0) is 20.4. The number of carbonyl (C=O) groups is 1. The first kappa shape index (κ1) is 21.0. The summed E-state index contributed by atoms with van der Waals surface area (Å²) in [7, 11) is 0. The molecule has 7 heteroatoms. The van der Waals surface area contributed by atoms with Crippen molar-refractivity contribution >= 4 is 11.6 Å². The lowest BCUT2D eigenvalue weighted by Crippen LogP contribution is -2.29. The van der Waals surface area contributed by atoms with E-state index in [1.54, 1.807) is 24.3 Å². The van der Waals surface area contributed by atoms with E-state index in [2.05, 4.69) is 10.6 Å². The Morgan fingerprint density at radius 2 is 1.96 bits per heavy atom. The number of halogens is 1. The number of nitrogens with one attached hydrogen (secondary N) is 2. The van der Waals surface area contributed by atoms with E-state index in [1.807, 2.05) is 19.9 Å². The van der Waals surface area contributed by atoms with Gasteiger partial charge in [-0.05, 0) is 43.7 Å². The van der Waals surface area contributed by atoms with Crippen molar-refractivity contribution in [2.45, 2.75) is 20.3 Å². The van der Waals surface area contributed by atoms with Crippen molar-refractivity contribution in [3.8, 4) is 17.6 Å². The van der Waals surface area contributed by atoms with Crippen LogP contribution >= 0.6 is 0 Å². The first-order valence-corrected chi connectivity index (χ1v) is 9.21. The Balaban J connectivity index is 1.93. The van der Waals surface area contributed by atoms with Crippen molar-refractivity contribution in [2.24, 2.45) is 0 Å². The molecule has 2 rings (SSSR count). The number of anilines is 1. The average Bonchev–Trinajstić information content (AvgIpc) is 2.70. The highest BCUT2D eigenvalue weighted by molar-refractivity contribution is 5.94. The quantitative estimate of drug-likeness (QED) is 0.609. The molecule has 0 aromatic heterocycles. The predicted molar refractivity (Wildman–Crippen MR) is 105 cm³/mol. The molecule has 6 nitrogen and oxygen atoms in total. The molecule has 0 bridgehead atoms. The molecule has 0 saturated heterocycles. The smallest absolute Gasteiger partial charge is 0.251 e. The van der Waals surface area contributed by atoms with Crippen molar-refractivity contribution in [1.82, 2.24) is 5.32 Å². The standard InChI is InChI=1S/C21H24FN3O3/c1-3-12-28-19-9-8-15(13-20(19)27-4-2)21(26)25-11-10-24-18-7-5-6-17(22)16(18)14-23/h5-9,13,24H,3-4,10-12H2,1-2H3,(H,25,26). The Hall–Kier alpha value is -3.27. The largest absolute Gasteiger partial charge is 0.490 e. The van der Waals surface area contributed by atoms with E-state index < -0.39 is 5.82 Å². The molecular weight excluding hydrogens is 361 g/mol. The fraction of sp³-hybridized carbons (Fsp3) is 0.333. The van der Waals surface area contributed by atoms with Crippen molar-refractivity contribution in [3.63, 3.8) is 0 Å². The van der Waals surface area contributed by atoms with Gasteiger partial charge in [-0.25, -0.2) is 4.39 Å². The summed E-state index contributed by atoms with van der Waals surface area (Å²) in [5, 5.41) is 14.7. The molecule has 0 aliphatic carbocycles. The third-order valence-electron chi connectivity index (χ3n) is 3.82. The monoisotopic (exact) mass is 385 g/mol. The minimum Gasteiger partial charge on any atom is -0.490 e. The molecule has 0 heterocycles. The second-order valence-electron chi connectivity index (χ2n) is 5.90. The summed E-state index contributed by atoms with van der Waals surface area (Å²) in [5.74, 6) is 0.298. The van der Waals surface area contributed by atoms with E-state index in [0.717, 1.165) is 6.42 Å². The Bertz CT molecular complexity index is 849. The molecule has 1 amide bonds. The van der Waals surface area contributed by atoms with Crippen LogP contribution in [0.2, 0.25) is 0 Å². The lowest BCUT2D eigenvalue weighted by atomic mass is 10.2. The third kappa shape index (κ3) is 5.61. The molecule has 148 valence electrons. The molecule has 0 aliphatic heterocycles. The number of hydrogen-bond acceptors (Lipinski definition) is 5. The number of nitrogens with zero attached hydrogens (tertiary/aromatic N) is 1. The number of nitriles is 1. The van der Waals surface area contributed by atoms with E-state index in [-0.39, 0.29) is 11.5 Å². The van der Waals surface area contributed by atoms with Gasteiger partial charge in [0.05, 0.1) is 18.9 Å². The first-order valence-electron chi connectivity index (χ1n) is 9.21. The molecule has 0 spiro atoms. The van der Waals surface area contributed by atoms with Gasteiger partial charge in [0, 0.05) is 18.7 Å². The number of amides is 1. The topological polar surface area (TPSA) is 83.4 Å². The summed E-state index contributed by atoms with van der Waals surface area (Å²) in [6.07, 6.45) is 0.875. The normalized spacial score (nSPS) is 10.1. The highest BCUT2D eigenvalue weighted by Gasteiger charge is 2.12. The Kier molecular flexibility index (Phi) is 8.10. The molecule has 0 atom stereocenters. The van der Waals surface area contributed by atoms with Crippen LogP contribution in [0.1, 0.15) is 36.2 Å². The summed E-state index contributed by atoms with van der Waals surface area (Å²) < 4.78 is 24.8. The number of carbonyl (C=O) groups excluding carboxylic acids is 1. The predicted octanol–water partition coefficient (Wildman–Crippen LogP) is 3.73. The summed E-state index contributed by atoms with van der Waals surface area (Å²) in [6.45, 7) is 5.57. The van der Waals surface area contributed by atoms with Crippen LogP contribution in [0.25, 0.3) is 0 Å². The number of benzene rings is 2. The minimum absolute atomic E-state index is 0.0437. The maximum Gasteiger partial charge on any atom is 0.251 e. The maximum absolute atomic E-state index is 13.6. The molecule has 28 heavy (non-hydrogen) atoms. The number of rotatable bonds is 10. The summed E-state index contributed by atoms with van der Waals surface area (Å²) >= 11 is 0. The number of ether oxygens (including phenoxy) is 2. The van der Waals surface area contributed by atoms with Gasteiger partial charge in [-0.2, -0.15) is 5.26 Å². The number of hydrogen-bond donors (Lipinski definition) is 2. The first-order chi connectivity index (χ1) is 13.6. The summed E-state index contributed by atoms with van der Waals surface area (Å²) in [5.41, 5.74) is 0.807. The van der Waals surface area contributed by atoms with E-state index in [0.29, 0.717) is 49.1 Å². The fourth-order valence-electron chi connectivity index (χ4n) is 2.51. The molecule has 0 aliphatic rings. The van der Waals surface area contributed by atoms with Gasteiger partial charge in [0.15, 0.2) is 11.5 Å². The van der Waals surface area contributed by atoms with Gasteiger partial charge < -0.3 is 20.1 Å². The van der Waals surface area contributed by atoms with E-state index in [1.165, 1.54) is 12.1 Å². The van der Waals surface area contributed by atoms with Gasteiger partial charge in [-0.15, -0.1) is 0 Å². The van der Waals surface area contributed by atoms with E-state index in [4.69, 9.17) is 14.7 Å². The average molecular weight is 385 g/mol. The second kappa shape index (κ2) is 10.8. The minimum atomic E-state index is -0.578. The Morgan fingerprint density at radius 1 is 1.14 bits per heavy atom. The Morgan fingerprint density at radius 3 is 2.68 bits per heavy atom. The van der Waals surface area contributed by atoms with Crippen LogP contribution in [0.4, 0.5) is 10.1 Å². The van der Waals surface area contributed by atoms with Crippen molar-refractivity contribution in [2.75, 3.05) is 31.6 Å². The van der Waals surface area contributed by atoms with Crippen LogP contribution < -0.4 is 20.1 Å². The van der Waals surface area contributed by atoms with Gasteiger partial charge in [-0.1, -0.05) is 13.0 Å². The summed E-state index contributed by atoms with van der Waals surface area (Å²) in [4.78, 5) is 12.4. The van der Waals surface area contributed by atoms with Crippen LogP contribution in [0.3, 0.4) is 0 Å². The summed E-state index contributed by atoms with van der Waals surface area (Å²) in [6, 6.07) is 11.2. The zero-order valence-corrected chi connectivity index (χ0v) is 16.0. The van der Waals surface area contributed by atoms with Gasteiger partial charge >= 0.3 is 0 Å². The van der Waals surface area contributed by atoms with Crippen LogP contribution in [0, 0.1) is 17.1 Å². The lowest BCUT2D eigenvalue weighted by Gasteiger charge is -2.13. The lowest BCUT2D eigenvalue weighted by molar-refractivity contribution is 0.0954. The van der Waals surface area contributed by atoms with Crippen molar-refractivity contribution in [3.05, 3.63) is 53.3 Å². The van der Waals surface area contributed by atoms with Gasteiger partial charge in [0.1, 0.15) is 17.4 Å². The highest BCUT2D eigenvalue weighted by Crippen LogP contribution is 2.28. The van der Waals surface area contributed by atoms with Crippen LogP contribution in [-0.4, -0.2) is 32.2 Å². The molecular formula is C21H24FN3O3. The van der Waals surface area contributed by atoms with Gasteiger partial charge in [-0.3, -0.25) is 4.79 Å². The molecule has 0 radical (unpaired) electrons. The third-order valence-corrected chi connectivity index (χ3v) is 3.82. The molecule has 2 aromatic carbocycles. The Labute approximate surface area is 164 Å². The van der Waals surface area contributed by atoms with Crippen molar-refractivity contribution in [1.29, 1.82) is 5.26 Å². The van der Waals surface area contributed by atoms with Crippen LogP contribution in [0.15, 0.2) is 36.4 Å². The van der Waals surface area contributed by atoms with Crippen LogP contribution in [-0.2, 0) is 0 Å². The molecule has 0 fully saturated rings. The molecule has 2 N–H and O–H groups in total. The van der Waals surface area contributed by atoms with E-state index in [9.17, 15) is 9.18 Å². The molecule has 2 aromatic rings.